The maximum absolute atomic E-state index is 13.5. The van der Waals surface area contributed by atoms with E-state index in [1.807, 2.05) is 5.41 Å². The average Bonchev–Trinajstić information content (AvgIpc) is 3.36. The van der Waals surface area contributed by atoms with Crippen molar-refractivity contribution in [1.29, 1.82) is 0 Å². The first-order valence-electron chi connectivity index (χ1n) is 11.1. The quantitative estimate of drug-likeness (QED) is 0.323. The van der Waals surface area contributed by atoms with Gasteiger partial charge in [-0.2, -0.15) is 9.86 Å². The van der Waals surface area contributed by atoms with E-state index in [1.165, 1.54) is 54.2 Å². The first-order chi connectivity index (χ1) is 17.9. The van der Waals surface area contributed by atoms with Crippen molar-refractivity contribution in [2.45, 2.75) is 13.0 Å². The van der Waals surface area contributed by atoms with Gasteiger partial charge in [-0.3, -0.25) is 14.1 Å². The minimum atomic E-state index is -4.51. The smallest absolute Gasteiger partial charge is 0.346 e. The molecule has 198 valence electrons. The lowest BCUT2D eigenvalue weighted by molar-refractivity contribution is 0.457. The zero-order chi connectivity index (χ0) is 27.2. The van der Waals surface area contributed by atoms with Crippen LogP contribution in [0.2, 0.25) is 0 Å². The first-order valence-corrected chi connectivity index (χ1v) is 15.7. The summed E-state index contributed by atoms with van der Waals surface area (Å²) in [6.07, 6.45) is 1.52. The fourth-order valence-electron chi connectivity index (χ4n) is 4.03. The van der Waals surface area contributed by atoms with Gasteiger partial charge in [0, 0.05) is 11.4 Å². The highest BCUT2D eigenvalue weighted by atomic mass is 32.2. The second-order valence-corrected chi connectivity index (χ2v) is 13.1. The minimum Gasteiger partial charge on any atom is -0.505 e. The number of anilines is 2. The van der Waals surface area contributed by atoms with Gasteiger partial charge >= 0.3 is 7.52 Å². The summed E-state index contributed by atoms with van der Waals surface area (Å²) in [5, 5.41) is 20.0. The fraction of sp³-hybridized carbons (Fsp3) is 0.174. The van der Waals surface area contributed by atoms with Crippen LogP contribution in [-0.2, 0) is 21.1 Å². The van der Waals surface area contributed by atoms with Gasteiger partial charge in [0.05, 0.1) is 23.8 Å². The van der Waals surface area contributed by atoms with Crippen molar-refractivity contribution in [1.82, 2.24) is 9.78 Å². The second kappa shape index (κ2) is 9.70. The molecule has 0 radical (unpaired) electrons. The number of rotatable bonds is 6. The summed E-state index contributed by atoms with van der Waals surface area (Å²) in [7, 11) is -8.15. The van der Waals surface area contributed by atoms with E-state index in [9.17, 15) is 32.2 Å². The molecule has 0 bridgehead atoms. The van der Waals surface area contributed by atoms with Gasteiger partial charge in [-0.15, -0.1) is 11.8 Å². The molecule has 1 aromatic heterocycles. The number of aromatic hydroxyl groups is 1. The molecular formula is C23H21FN5O6PS2. The molecule has 0 saturated carbocycles. The molecule has 2 aliphatic heterocycles. The number of sulfonamides is 1. The summed E-state index contributed by atoms with van der Waals surface area (Å²) in [5.74, 6) is -0.519. The van der Waals surface area contributed by atoms with Gasteiger partial charge < -0.3 is 15.3 Å². The van der Waals surface area contributed by atoms with Crippen LogP contribution in [0.25, 0.3) is 5.57 Å². The lowest BCUT2D eigenvalue weighted by Crippen LogP contribution is -2.35. The Labute approximate surface area is 220 Å². The lowest BCUT2D eigenvalue weighted by Gasteiger charge is -2.23. The van der Waals surface area contributed by atoms with E-state index in [0.717, 1.165) is 16.7 Å². The molecule has 0 spiro atoms. The van der Waals surface area contributed by atoms with E-state index >= 15 is 0 Å². The Bertz CT molecular complexity index is 1740. The average molecular weight is 578 g/mol. The molecule has 5 rings (SSSR count). The minimum absolute atomic E-state index is 0.0546. The van der Waals surface area contributed by atoms with Crippen molar-refractivity contribution >= 4 is 57.4 Å². The predicted molar refractivity (Wildman–Crippen MR) is 145 cm³/mol. The summed E-state index contributed by atoms with van der Waals surface area (Å²) >= 11 is 1.52. The largest absolute Gasteiger partial charge is 0.505 e. The molecule has 2 aromatic carbocycles. The summed E-state index contributed by atoms with van der Waals surface area (Å²) < 4.78 is 57.0. The molecule has 11 nitrogen and oxygen atoms in total. The first kappa shape index (κ1) is 26.2. The topological polar surface area (TPSA) is 163 Å². The zero-order valence-corrected chi connectivity index (χ0v) is 22.3. The monoisotopic (exact) mass is 577 g/mol. The molecule has 0 fully saturated rings. The number of benzene rings is 2. The van der Waals surface area contributed by atoms with E-state index in [0.29, 0.717) is 17.6 Å². The molecule has 15 heteroatoms. The van der Waals surface area contributed by atoms with Crippen molar-refractivity contribution in [2.75, 3.05) is 22.0 Å². The third kappa shape index (κ3) is 5.25. The van der Waals surface area contributed by atoms with Gasteiger partial charge in [0.15, 0.2) is 11.6 Å². The third-order valence-corrected chi connectivity index (χ3v) is 8.70. The Morgan fingerprint density at radius 1 is 1.24 bits per heavy atom. The molecule has 0 aliphatic carbocycles. The summed E-state index contributed by atoms with van der Waals surface area (Å²) in [5.41, 5.74) is 0.408. The molecule has 1 unspecified atom stereocenters. The van der Waals surface area contributed by atoms with E-state index in [-0.39, 0.29) is 40.3 Å². The number of allylic oxidation sites excluding steroid dienone is 1. The van der Waals surface area contributed by atoms with Crippen LogP contribution in [0.15, 0.2) is 57.4 Å². The Morgan fingerprint density at radius 2 is 1.97 bits per heavy atom. The Morgan fingerprint density at radius 3 is 2.63 bits per heavy atom. The number of hydrogen-bond acceptors (Lipinski definition) is 8. The van der Waals surface area contributed by atoms with Crippen LogP contribution in [0, 0.1) is 5.82 Å². The van der Waals surface area contributed by atoms with Crippen LogP contribution in [0.5, 0.6) is 5.75 Å². The Balaban J connectivity index is 1.64. The van der Waals surface area contributed by atoms with Crippen LogP contribution >= 0.6 is 19.3 Å². The van der Waals surface area contributed by atoms with Crippen molar-refractivity contribution in [3.05, 3.63) is 80.9 Å². The van der Waals surface area contributed by atoms with Gasteiger partial charge in [0.2, 0.25) is 10.0 Å². The number of halogens is 1. The molecule has 0 amide bonds. The SMILES string of the molecule is CS(=O)(=O)Nc1ccc2c(c1)P(=O)(O)N=C(c1c(O)c(C3=CSCC3)nn(Cc3ccc(F)cc3)c1=O)N2. The maximum atomic E-state index is 13.5. The van der Waals surface area contributed by atoms with E-state index in [1.54, 1.807) is 0 Å². The van der Waals surface area contributed by atoms with Crippen LogP contribution < -0.4 is 20.9 Å². The van der Waals surface area contributed by atoms with Crippen molar-refractivity contribution < 1.29 is 27.4 Å². The van der Waals surface area contributed by atoms with E-state index in [2.05, 4.69) is 19.9 Å². The molecular weight excluding hydrogens is 556 g/mol. The Kier molecular flexibility index (Phi) is 6.68. The van der Waals surface area contributed by atoms with Crippen LogP contribution in [-0.4, -0.2) is 46.0 Å². The summed E-state index contributed by atoms with van der Waals surface area (Å²) in [6.45, 7) is -0.0546. The highest BCUT2D eigenvalue weighted by Gasteiger charge is 2.34. The third-order valence-electron chi connectivity index (χ3n) is 5.73. The number of thioether (sulfide) groups is 1. The molecule has 0 saturated heterocycles. The molecule has 3 heterocycles. The van der Waals surface area contributed by atoms with Crippen molar-refractivity contribution in [3.8, 4) is 5.75 Å². The van der Waals surface area contributed by atoms with Crippen LogP contribution in [0.3, 0.4) is 0 Å². The molecule has 4 N–H and O–H groups in total. The van der Waals surface area contributed by atoms with Crippen molar-refractivity contribution in [2.24, 2.45) is 4.76 Å². The van der Waals surface area contributed by atoms with Gasteiger partial charge in [0.25, 0.3) is 5.56 Å². The lowest BCUT2D eigenvalue weighted by atomic mass is 10.1. The molecule has 38 heavy (non-hydrogen) atoms. The number of amidine groups is 1. The summed E-state index contributed by atoms with van der Waals surface area (Å²) in [4.78, 5) is 24.3. The normalized spacial score (nSPS) is 18.8. The fourth-order valence-corrected chi connectivity index (χ4v) is 6.76. The standard InChI is InChI=1S/C23H21FN5O6PS2/c1-38(34,35)28-16-6-7-17-18(10-16)36(32,33)27-22(25-17)19-21(30)20(14-8-9-37-12-14)26-29(23(19)31)11-13-2-4-15(24)5-3-13/h2-7,10,12,28,30H,8-9,11H2,1H3,(H2,25,27,32,33). The number of fused-ring (bicyclic) bond motifs is 1. The predicted octanol–water partition coefficient (Wildman–Crippen LogP) is 2.67. The van der Waals surface area contributed by atoms with Gasteiger partial charge in [-0.05, 0) is 53.3 Å². The molecule has 2 aliphatic rings. The van der Waals surface area contributed by atoms with E-state index in [4.69, 9.17) is 0 Å². The molecule has 1 atom stereocenters. The maximum Gasteiger partial charge on any atom is 0.346 e. The highest BCUT2D eigenvalue weighted by molar-refractivity contribution is 8.02. The van der Waals surface area contributed by atoms with E-state index < -0.39 is 34.7 Å². The number of hydrogen-bond donors (Lipinski definition) is 4. The molecule has 3 aromatic rings. The highest BCUT2D eigenvalue weighted by Crippen LogP contribution is 2.47. The van der Waals surface area contributed by atoms with Crippen molar-refractivity contribution in [3.63, 3.8) is 0 Å². The van der Waals surface area contributed by atoms with Gasteiger partial charge in [-0.25, -0.2) is 17.5 Å². The van der Waals surface area contributed by atoms with Crippen LogP contribution in [0.1, 0.15) is 23.2 Å². The summed E-state index contributed by atoms with van der Waals surface area (Å²) in [6, 6.07) is 9.41. The van der Waals surface area contributed by atoms with Crippen LogP contribution in [0.4, 0.5) is 15.8 Å². The zero-order valence-electron chi connectivity index (χ0n) is 19.8. The number of nitrogens with zero attached hydrogens (tertiary/aromatic N) is 3. The number of nitrogens with one attached hydrogen (secondary N) is 2. The Hall–Kier alpha value is -3.45. The second-order valence-electron chi connectivity index (χ2n) is 8.65. The van der Waals surface area contributed by atoms with Gasteiger partial charge in [-0.1, -0.05) is 12.1 Å². The number of aromatic nitrogens is 2. The van der Waals surface area contributed by atoms with Gasteiger partial charge in [0.1, 0.15) is 17.1 Å².